The zero-order valence-electron chi connectivity index (χ0n) is 18.3. The van der Waals surface area contributed by atoms with Gasteiger partial charge in [-0.05, 0) is 62.0 Å². The standard InChI is InChI=1S/C25H26Cl2N6/c26-20-6-3-5-18(14-20)23-31-22-16-30-25(29-15-19-4-1-2-7-21(19)27)32-24(22)33(23)13-10-17-8-11-28-12-9-17/h1-7,14,16-17,28H,8-13,15H2,(H,29,30,32). The molecule has 1 aliphatic heterocycles. The van der Waals surface area contributed by atoms with Gasteiger partial charge in [0.1, 0.15) is 11.3 Å². The Kier molecular flexibility index (Phi) is 6.76. The molecule has 8 heteroatoms. The summed E-state index contributed by atoms with van der Waals surface area (Å²) in [4.78, 5) is 14.2. The van der Waals surface area contributed by atoms with Crippen LogP contribution >= 0.6 is 23.2 Å². The maximum atomic E-state index is 6.30. The molecule has 6 nitrogen and oxygen atoms in total. The minimum absolute atomic E-state index is 0.551. The highest BCUT2D eigenvalue weighted by atomic mass is 35.5. The van der Waals surface area contributed by atoms with Gasteiger partial charge in [0.25, 0.3) is 0 Å². The summed E-state index contributed by atoms with van der Waals surface area (Å²) < 4.78 is 2.21. The van der Waals surface area contributed by atoms with Crippen LogP contribution in [0.25, 0.3) is 22.6 Å². The van der Waals surface area contributed by atoms with Crippen LogP contribution in [0.15, 0.2) is 54.7 Å². The number of nitrogens with zero attached hydrogens (tertiary/aromatic N) is 4. The van der Waals surface area contributed by atoms with E-state index in [4.69, 9.17) is 33.2 Å². The van der Waals surface area contributed by atoms with Crippen molar-refractivity contribution in [1.82, 2.24) is 24.8 Å². The molecule has 0 atom stereocenters. The highest BCUT2D eigenvalue weighted by Crippen LogP contribution is 2.28. The van der Waals surface area contributed by atoms with E-state index in [1.165, 1.54) is 12.8 Å². The van der Waals surface area contributed by atoms with Crippen LogP contribution < -0.4 is 10.6 Å². The molecule has 1 fully saturated rings. The van der Waals surface area contributed by atoms with E-state index in [2.05, 4.69) is 20.2 Å². The first-order valence-corrected chi connectivity index (χ1v) is 12.1. The highest BCUT2D eigenvalue weighted by molar-refractivity contribution is 6.31. The van der Waals surface area contributed by atoms with E-state index in [1.807, 2.05) is 48.5 Å². The van der Waals surface area contributed by atoms with Gasteiger partial charge in [0.15, 0.2) is 5.65 Å². The molecule has 0 spiro atoms. The van der Waals surface area contributed by atoms with E-state index in [0.29, 0.717) is 23.4 Å². The molecule has 170 valence electrons. The maximum Gasteiger partial charge on any atom is 0.225 e. The molecule has 0 aliphatic carbocycles. The summed E-state index contributed by atoms with van der Waals surface area (Å²) in [6.07, 6.45) is 5.29. The van der Waals surface area contributed by atoms with Crippen molar-refractivity contribution in [3.8, 4) is 11.4 Å². The second-order valence-electron chi connectivity index (χ2n) is 8.43. The smallest absolute Gasteiger partial charge is 0.225 e. The van der Waals surface area contributed by atoms with Gasteiger partial charge >= 0.3 is 0 Å². The molecule has 2 N–H and O–H groups in total. The molecule has 1 saturated heterocycles. The number of halogens is 2. The number of imidazole rings is 1. The van der Waals surface area contributed by atoms with Gasteiger partial charge in [0.05, 0.1) is 6.20 Å². The number of hydrogen-bond donors (Lipinski definition) is 2. The lowest BCUT2D eigenvalue weighted by atomic mass is 9.95. The Morgan fingerprint density at radius 1 is 1.03 bits per heavy atom. The molecule has 1 aliphatic rings. The Morgan fingerprint density at radius 2 is 1.88 bits per heavy atom. The quantitative estimate of drug-likeness (QED) is 0.349. The average Bonchev–Trinajstić information content (AvgIpc) is 3.21. The van der Waals surface area contributed by atoms with Gasteiger partial charge in [-0.2, -0.15) is 4.98 Å². The summed E-state index contributed by atoms with van der Waals surface area (Å²) in [6.45, 7) is 3.59. The normalized spacial score (nSPS) is 14.6. The van der Waals surface area contributed by atoms with E-state index in [1.54, 1.807) is 6.20 Å². The fourth-order valence-electron chi connectivity index (χ4n) is 4.36. The third-order valence-corrected chi connectivity index (χ3v) is 6.79. The number of benzene rings is 2. The fraction of sp³-hybridized carbons (Fsp3) is 0.320. The predicted molar refractivity (Wildman–Crippen MR) is 135 cm³/mol. The number of anilines is 1. The molecule has 33 heavy (non-hydrogen) atoms. The Balaban J connectivity index is 1.47. The number of hydrogen-bond acceptors (Lipinski definition) is 5. The molecule has 0 saturated carbocycles. The van der Waals surface area contributed by atoms with Crippen LogP contribution in [0.4, 0.5) is 5.95 Å². The second-order valence-corrected chi connectivity index (χ2v) is 9.27. The Hall–Kier alpha value is -2.67. The molecule has 0 unspecified atom stereocenters. The van der Waals surface area contributed by atoms with Gasteiger partial charge in [-0.3, -0.25) is 0 Å². The van der Waals surface area contributed by atoms with Crippen LogP contribution in [0.1, 0.15) is 24.8 Å². The van der Waals surface area contributed by atoms with Crippen LogP contribution in [0.2, 0.25) is 10.0 Å². The average molecular weight is 481 g/mol. The van der Waals surface area contributed by atoms with Crippen molar-refractivity contribution in [2.24, 2.45) is 5.92 Å². The largest absolute Gasteiger partial charge is 0.350 e. The molecule has 0 radical (unpaired) electrons. The molecule has 0 bridgehead atoms. The first kappa shape index (κ1) is 22.1. The minimum atomic E-state index is 0.551. The SMILES string of the molecule is Clc1cccc(-c2nc3cnc(NCc4ccccc4Cl)nc3n2CCC2CCNCC2)c1. The van der Waals surface area contributed by atoms with Gasteiger partial charge in [-0.15, -0.1) is 0 Å². The lowest BCUT2D eigenvalue weighted by molar-refractivity contribution is 0.339. The molecular weight excluding hydrogens is 455 g/mol. The second kappa shape index (κ2) is 10.1. The summed E-state index contributed by atoms with van der Waals surface area (Å²) in [5, 5.41) is 8.17. The van der Waals surface area contributed by atoms with Gasteiger partial charge in [0.2, 0.25) is 5.95 Å². The van der Waals surface area contributed by atoms with Crippen molar-refractivity contribution >= 4 is 40.3 Å². The van der Waals surface area contributed by atoms with Crippen molar-refractivity contribution in [3.63, 3.8) is 0 Å². The van der Waals surface area contributed by atoms with E-state index in [0.717, 1.165) is 59.2 Å². The van der Waals surface area contributed by atoms with Gasteiger partial charge in [-0.1, -0.05) is 53.5 Å². The number of aromatic nitrogens is 4. The van der Waals surface area contributed by atoms with Crippen LogP contribution in [-0.2, 0) is 13.1 Å². The summed E-state index contributed by atoms with van der Waals surface area (Å²) in [5.74, 6) is 2.14. The number of aryl methyl sites for hydroxylation is 1. The van der Waals surface area contributed by atoms with Crippen molar-refractivity contribution in [2.45, 2.75) is 32.4 Å². The molecule has 5 rings (SSSR count). The van der Waals surface area contributed by atoms with Gasteiger partial charge < -0.3 is 15.2 Å². The Morgan fingerprint density at radius 3 is 2.70 bits per heavy atom. The zero-order valence-corrected chi connectivity index (χ0v) is 19.8. The molecule has 2 aromatic carbocycles. The number of piperidine rings is 1. The number of nitrogens with one attached hydrogen (secondary N) is 2. The van der Waals surface area contributed by atoms with Gasteiger partial charge in [0, 0.05) is 28.7 Å². The molecular formula is C25H26Cl2N6. The third-order valence-electron chi connectivity index (χ3n) is 6.19. The molecule has 0 amide bonds. The molecule has 2 aromatic heterocycles. The highest BCUT2D eigenvalue weighted by Gasteiger charge is 2.18. The lowest BCUT2D eigenvalue weighted by Gasteiger charge is -2.23. The Bertz CT molecular complexity index is 1250. The van der Waals surface area contributed by atoms with Crippen LogP contribution in [0.5, 0.6) is 0 Å². The van der Waals surface area contributed by atoms with Crippen LogP contribution in [0, 0.1) is 5.92 Å². The van der Waals surface area contributed by atoms with Gasteiger partial charge in [-0.25, -0.2) is 9.97 Å². The fourth-order valence-corrected chi connectivity index (χ4v) is 4.75. The number of fused-ring (bicyclic) bond motifs is 1. The summed E-state index contributed by atoms with van der Waals surface area (Å²) >= 11 is 12.6. The monoisotopic (exact) mass is 480 g/mol. The van der Waals surface area contributed by atoms with Crippen molar-refractivity contribution in [2.75, 3.05) is 18.4 Å². The van der Waals surface area contributed by atoms with E-state index < -0.39 is 0 Å². The van der Waals surface area contributed by atoms with E-state index in [9.17, 15) is 0 Å². The topological polar surface area (TPSA) is 67.7 Å². The predicted octanol–water partition coefficient (Wildman–Crippen LogP) is 5.80. The first-order chi connectivity index (χ1) is 16.2. The maximum absolute atomic E-state index is 6.30. The number of rotatable bonds is 7. The molecule has 4 aromatic rings. The summed E-state index contributed by atoms with van der Waals surface area (Å²) in [6, 6.07) is 15.6. The van der Waals surface area contributed by atoms with Crippen molar-refractivity contribution in [3.05, 3.63) is 70.3 Å². The summed E-state index contributed by atoms with van der Waals surface area (Å²) in [7, 11) is 0. The van der Waals surface area contributed by atoms with Crippen molar-refractivity contribution in [1.29, 1.82) is 0 Å². The van der Waals surface area contributed by atoms with Crippen molar-refractivity contribution < 1.29 is 0 Å². The Labute approximate surface area is 203 Å². The third kappa shape index (κ3) is 5.13. The minimum Gasteiger partial charge on any atom is -0.350 e. The van der Waals surface area contributed by atoms with E-state index >= 15 is 0 Å². The molecule has 3 heterocycles. The summed E-state index contributed by atoms with van der Waals surface area (Å²) in [5.41, 5.74) is 3.59. The lowest BCUT2D eigenvalue weighted by Crippen LogP contribution is -2.28. The first-order valence-electron chi connectivity index (χ1n) is 11.3. The van der Waals surface area contributed by atoms with Crippen LogP contribution in [-0.4, -0.2) is 32.6 Å². The zero-order chi connectivity index (χ0) is 22.6. The van der Waals surface area contributed by atoms with Crippen LogP contribution in [0.3, 0.4) is 0 Å². The van der Waals surface area contributed by atoms with E-state index in [-0.39, 0.29) is 0 Å².